The first-order valence-corrected chi connectivity index (χ1v) is 5.98. The number of ketones is 1. The Morgan fingerprint density at radius 1 is 1.25 bits per heavy atom. The van der Waals surface area contributed by atoms with Gasteiger partial charge in [0.2, 0.25) is 0 Å². The fourth-order valence-corrected chi connectivity index (χ4v) is 1.74. The second kappa shape index (κ2) is 5.12. The number of nitrogens with zero attached hydrogens (tertiary/aromatic N) is 2. The second-order valence-corrected chi connectivity index (χ2v) is 5.83. The van der Waals surface area contributed by atoms with Crippen LogP contribution in [0.4, 0.5) is 13.2 Å². The minimum Gasteiger partial charge on any atom is -0.389 e. The predicted octanol–water partition coefficient (Wildman–Crippen LogP) is 2.63. The van der Waals surface area contributed by atoms with E-state index in [0.717, 1.165) is 19.3 Å². The van der Waals surface area contributed by atoms with Gasteiger partial charge in [-0.1, -0.05) is 20.8 Å². The second-order valence-electron chi connectivity index (χ2n) is 5.83. The zero-order chi connectivity index (χ0) is 15.8. The molecule has 20 heavy (non-hydrogen) atoms. The molecule has 1 aromatic rings. The molecule has 0 aliphatic rings. The molecule has 0 spiro atoms. The van der Waals surface area contributed by atoms with Crippen LogP contribution in [0, 0.1) is 11.3 Å². The van der Waals surface area contributed by atoms with Crippen LogP contribution in [-0.4, -0.2) is 32.6 Å². The molecular weight excluding hydrogens is 273 g/mol. The Kier molecular flexibility index (Phi) is 4.24. The summed E-state index contributed by atoms with van der Waals surface area (Å²) in [5.41, 5.74) is -3.78. The number of carbonyl (C=O) groups excluding carboxylic acids is 1. The van der Waals surface area contributed by atoms with Crippen molar-refractivity contribution in [2.75, 3.05) is 0 Å². The molecule has 0 bridgehead atoms. The van der Waals surface area contributed by atoms with Crippen molar-refractivity contribution in [3.63, 3.8) is 0 Å². The predicted molar refractivity (Wildman–Crippen MR) is 66.0 cm³/mol. The highest BCUT2D eigenvalue weighted by molar-refractivity contribution is 5.97. The van der Waals surface area contributed by atoms with Gasteiger partial charge in [0.25, 0.3) is 0 Å². The zero-order valence-electron chi connectivity index (χ0n) is 11.7. The van der Waals surface area contributed by atoms with Crippen LogP contribution < -0.4 is 0 Å². The summed E-state index contributed by atoms with van der Waals surface area (Å²) < 4.78 is 39.8. The van der Waals surface area contributed by atoms with Crippen molar-refractivity contribution in [2.24, 2.45) is 11.3 Å². The van der Waals surface area contributed by atoms with Gasteiger partial charge in [0.1, 0.15) is 17.9 Å². The van der Waals surface area contributed by atoms with E-state index in [-0.39, 0.29) is 5.69 Å². The van der Waals surface area contributed by atoms with E-state index in [0.29, 0.717) is 0 Å². The van der Waals surface area contributed by atoms with Gasteiger partial charge in [-0.15, -0.1) is 0 Å². The standard InChI is InChI=1S/C13H17F3N2O2/c1-11(2,3)12(4,20)10(13(14,15)16)9(19)8-5-6-17-7-18-8/h5-7,10,20H,1-4H3. The van der Waals surface area contributed by atoms with Crippen LogP contribution in [-0.2, 0) is 0 Å². The molecule has 7 heteroatoms. The van der Waals surface area contributed by atoms with E-state index in [4.69, 9.17) is 0 Å². The molecule has 1 heterocycles. The lowest BCUT2D eigenvalue weighted by Gasteiger charge is -2.42. The first kappa shape index (κ1) is 16.6. The monoisotopic (exact) mass is 290 g/mol. The molecule has 0 aliphatic heterocycles. The van der Waals surface area contributed by atoms with Crippen molar-refractivity contribution in [2.45, 2.75) is 39.5 Å². The summed E-state index contributed by atoms with van der Waals surface area (Å²) in [4.78, 5) is 19.2. The summed E-state index contributed by atoms with van der Waals surface area (Å²) in [5.74, 6) is -3.82. The number of Topliss-reactive ketones (excluding diaryl/α,β-unsaturated/α-hetero) is 1. The largest absolute Gasteiger partial charge is 0.401 e. The summed E-state index contributed by atoms with van der Waals surface area (Å²) in [7, 11) is 0. The average Bonchev–Trinajstić information content (AvgIpc) is 2.26. The number of hydrogen-bond donors (Lipinski definition) is 1. The number of aliphatic hydroxyl groups is 1. The Hall–Kier alpha value is -1.50. The molecule has 2 unspecified atom stereocenters. The van der Waals surface area contributed by atoms with E-state index < -0.39 is 28.9 Å². The lowest BCUT2D eigenvalue weighted by Crippen LogP contribution is -2.55. The van der Waals surface area contributed by atoms with E-state index in [1.54, 1.807) is 0 Å². The van der Waals surface area contributed by atoms with Crippen molar-refractivity contribution < 1.29 is 23.1 Å². The van der Waals surface area contributed by atoms with Gasteiger partial charge in [0.15, 0.2) is 5.78 Å². The van der Waals surface area contributed by atoms with Crippen LogP contribution in [0.15, 0.2) is 18.6 Å². The smallest absolute Gasteiger partial charge is 0.389 e. The minimum absolute atomic E-state index is 0.369. The highest BCUT2D eigenvalue weighted by Crippen LogP contribution is 2.45. The van der Waals surface area contributed by atoms with Crippen LogP contribution in [0.25, 0.3) is 0 Å². The molecule has 0 saturated carbocycles. The van der Waals surface area contributed by atoms with Crippen LogP contribution in [0.1, 0.15) is 38.2 Å². The minimum atomic E-state index is -4.88. The lowest BCUT2D eigenvalue weighted by molar-refractivity contribution is -0.226. The molecule has 0 amide bonds. The Labute approximate surface area is 115 Å². The highest BCUT2D eigenvalue weighted by Gasteiger charge is 2.59. The van der Waals surface area contributed by atoms with Gasteiger partial charge in [-0.2, -0.15) is 13.2 Å². The number of halogens is 3. The molecule has 2 atom stereocenters. The fourth-order valence-electron chi connectivity index (χ4n) is 1.74. The SMILES string of the molecule is CC(C)(C)C(C)(O)C(C(=O)c1ccncn1)C(F)(F)F. The number of rotatable bonds is 3. The molecule has 1 N–H and O–H groups in total. The maximum absolute atomic E-state index is 13.3. The van der Waals surface area contributed by atoms with Crippen LogP contribution in [0.5, 0.6) is 0 Å². The third-order valence-electron chi connectivity index (χ3n) is 3.50. The number of carbonyl (C=O) groups is 1. The number of hydrogen-bond acceptors (Lipinski definition) is 4. The van der Waals surface area contributed by atoms with Gasteiger partial charge in [0.05, 0.1) is 5.60 Å². The Morgan fingerprint density at radius 2 is 1.80 bits per heavy atom. The topological polar surface area (TPSA) is 63.1 Å². The molecule has 0 saturated heterocycles. The van der Waals surface area contributed by atoms with Crippen molar-refractivity contribution in [3.05, 3.63) is 24.3 Å². The van der Waals surface area contributed by atoms with Gasteiger partial charge in [-0.25, -0.2) is 9.97 Å². The van der Waals surface area contributed by atoms with E-state index in [1.165, 1.54) is 27.0 Å². The summed E-state index contributed by atoms with van der Waals surface area (Å²) in [6.45, 7) is 5.35. The quantitative estimate of drug-likeness (QED) is 0.869. The summed E-state index contributed by atoms with van der Waals surface area (Å²) in [5, 5.41) is 10.3. The van der Waals surface area contributed by atoms with Crippen LogP contribution in [0.3, 0.4) is 0 Å². The summed E-state index contributed by atoms with van der Waals surface area (Å²) >= 11 is 0. The molecule has 0 aliphatic carbocycles. The lowest BCUT2D eigenvalue weighted by atomic mass is 9.68. The molecular formula is C13H17F3N2O2. The van der Waals surface area contributed by atoms with E-state index in [2.05, 4.69) is 9.97 Å². The van der Waals surface area contributed by atoms with Gasteiger partial charge in [0, 0.05) is 6.20 Å². The first-order valence-electron chi connectivity index (χ1n) is 5.98. The maximum atomic E-state index is 13.3. The fraction of sp³-hybridized carbons (Fsp3) is 0.615. The van der Waals surface area contributed by atoms with Crippen molar-refractivity contribution in [3.8, 4) is 0 Å². The van der Waals surface area contributed by atoms with Gasteiger partial charge >= 0.3 is 6.18 Å². The molecule has 112 valence electrons. The summed E-state index contributed by atoms with van der Waals surface area (Å²) in [6, 6.07) is 1.10. The molecule has 1 aromatic heterocycles. The van der Waals surface area contributed by atoms with Gasteiger partial charge < -0.3 is 5.11 Å². The molecule has 0 radical (unpaired) electrons. The van der Waals surface area contributed by atoms with Gasteiger partial charge in [-0.3, -0.25) is 4.79 Å². The van der Waals surface area contributed by atoms with Crippen molar-refractivity contribution in [1.29, 1.82) is 0 Å². The Morgan fingerprint density at radius 3 is 2.15 bits per heavy atom. The van der Waals surface area contributed by atoms with Crippen LogP contribution >= 0.6 is 0 Å². The average molecular weight is 290 g/mol. The first-order chi connectivity index (χ1) is 8.89. The third kappa shape index (κ3) is 3.15. The maximum Gasteiger partial charge on any atom is 0.401 e. The number of aromatic nitrogens is 2. The third-order valence-corrected chi connectivity index (χ3v) is 3.50. The molecule has 0 fully saturated rings. The Balaban J connectivity index is 3.33. The van der Waals surface area contributed by atoms with E-state index in [9.17, 15) is 23.1 Å². The molecule has 1 rings (SSSR count). The van der Waals surface area contributed by atoms with E-state index in [1.807, 2.05) is 0 Å². The van der Waals surface area contributed by atoms with E-state index >= 15 is 0 Å². The summed E-state index contributed by atoms with van der Waals surface area (Å²) in [6.07, 6.45) is -2.70. The Bertz CT molecular complexity index is 479. The number of alkyl halides is 3. The van der Waals surface area contributed by atoms with Gasteiger partial charge in [-0.05, 0) is 18.4 Å². The van der Waals surface area contributed by atoms with Crippen LogP contribution in [0.2, 0.25) is 0 Å². The molecule has 4 nitrogen and oxygen atoms in total. The molecule has 0 aromatic carbocycles. The normalized spacial score (nSPS) is 17.4. The highest BCUT2D eigenvalue weighted by atomic mass is 19.4. The zero-order valence-corrected chi connectivity index (χ0v) is 11.7. The van der Waals surface area contributed by atoms with Crippen molar-refractivity contribution >= 4 is 5.78 Å². The van der Waals surface area contributed by atoms with Crippen molar-refractivity contribution in [1.82, 2.24) is 9.97 Å².